The van der Waals surface area contributed by atoms with Crippen molar-refractivity contribution >= 4 is 30.7 Å². The smallest absolute Gasteiger partial charge is 0.356 e. The van der Waals surface area contributed by atoms with Crippen molar-refractivity contribution in [2.24, 2.45) is 0 Å². The summed E-state index contributed by atoms with van der Waals surface area (Å²) in [4.78, 5) is 12.7. The van der Waals surface area contributed by atoms with Crippen LogP contribution >= 0.6 is 24.8 Å². The number of carbonyl (C=O) groups is 1. The quantitative estimate of drug-likeness (QED) is 0.688. The van der Waals surface area contributed by atoms with Gasteiger partial charge >= 0.3 is 6.18 Å². The van der Waals surface area contributed by atoms with E-state index in [9.17, 15) is 18.0 Å². The molecule has 1 fully saturated rings. The van der Waals surface area contributed by atoms with E-state index in [4.69, 9.17) is 0 Å². The number of halogens is 5. The average molecular weight is 354 g/mol. The summed E-state index contributed by atoms with van der Waals surface area (Å²) in [5.41, 5.74) is 0. The van der Waals surface area contributed by atoms with Gasteiger partial charge in [-0.1, -0.05) is 0 Å². The SMILES string of the molecule is CN(CCCNC(=O)CC1CCCN1)CC(F)(F)F.Cl.Cl. The number of rotatable bonds is 7. The highest BCUT2D eigenvalue weighted by Gasteiger charge is 2.28. The van der Waals surface area contributed by atoms with Gasteiger partial charge in [0.1, 0.15) is 0 Å². The molecule has 1 rings (SSSR count). The van der Waals surface area contributed by atoms with Crippen LogP contribution in [0.15, 0.2) is 0 Å². The molecule has 1 atom stereocenters. The molecule has 0 saturated carbocycles. The lowest BCUT2D eigenvalue weighted by atomic mass is 10.1. The van der Waals surface area contributed by atoms with Gasteiger partial charge in [-0.25, -0.2) is 0 Å². The van der Waals surface area contributed by atoms with Gasteiger partial charge in [-0.05, 0) is 39.4 Å². The standard InChI is InChI=1S/C12H22F3N3O.2ClH/c1-18(9-12(13,14)15)7-3-6-17-11(19)8-10-4-2-5-16-10;;/h10,16H,2-9H2,1H3,(H,17,19);2*1H. The number of hydrogen-bond acceptors (Lipinski definition) is 3. The Balaban J connectivity index is 0. The van der Waals surface area contributed by atoms with Gasteiger partial charge < -0.3 is 10.6 Å². The van der Waals surface area contributed by atoms with Gasteiger partial charge in [-0.3, -0.25) is 9.69 Å². The fourth-order valence-electron chi connectivity index (χ4n) is 2.19. The van der Waals surface area contributed by atoms with Crippen LogP contribution in [0.3, 0.4) is 0 Å². The predicted molar refractivity (Wildman–Crippen MR) is 81.3 cm³/mol. The Bertz CT molecular complexity index is 287. The van der Waals surface area contributed by atoms with Crippen LogP contribution < -0.4 is 10.6 Å². The number of hydrogen-bond donors (Lipinski definition) is 2. The van der Waals surface area contributed by atoms with Gasteiger partial charge in [0.05, 0.1) is 6.54 Å². The molecule has 0 aromatic rings. The van der Waals surface area contributed by atoms with E-state index in [1.165, 1.54) is 11.9 Å². The molecule has 9 heteroatoms. The third kappa shape index (κ3) is 12.0. The molecule has 1 unspecified atom stereocenters. The van der Waals surface area contributed by atoms with Crippen molar-refractivity contribution in [2.75, 3.05) is 33.2 Å². The molecule has 0 aliphatic carbocycles. The van der Waals surface area contributed by atoms with Gasteiger partial charge in [0.2, 0.25) is 5.91 Å². The van der Waals surface area contributed by atoms with Crippen molar-refractivity contribution in [3.8, 4) is 0 Å². The molecule has 21 heavy (non-hydrogen) atoms. The lowest BCUT2D eigenvalue weighted by Crippen LogP contribution is -2.35. The topological polar surface area (TPSA) is 44.4 Å². The summed E-state index contributed by atoms with van der Waals surface area (Å²) < 4.78 is 36.2. The average Bonchev–Trinajstić information content (AvgIpc) is 2.74. The minimum atomic E-state index is -4.16. The molecule has 2 N–H and O–H groups in total. The van der Waals surface area contributed by atoms with Crippen molar-refractivity contribution in [3.63, 3.8) is 0 Å². The summed E-state index contributed by atoms with van der Waals surface area (Å²) >= 11 is 0. The molecule has 0 radical (unpaired) electrons. The third-order valence-corrected chi connectivity index (χ3v) is 3.08. The monoisotopic (exact) mass is 353 g/mol. The summed E-state index contributed by atoms with van der Waals surface area (Å²) in [6, 6.07) is 0.257. The number of carbonyl (C=O) groups excluding carboxylic acids is 1. The van der Waals surface area contributed by atoms with Crippen LogP contribution in [0.5, 0.6) is 0 Å². The molecule has 1 saturated heterocycles. The zero-order valence-corrected chi connectivity index (χ0v) is 13.7. The molecule has 0 bridgehead atoms. The lowest BCUT2D eigenvalue weighted by molar-refractivity contribution is -0.143. The predicted octanol–water partition coefficient (Wildman–Crippen LogP) is 1.97. The molecule has 4 nitrogen and oxygen atoms in total. The maximum absolute atomic E-state index is 12.1. The van der Waals surface area contributed by atoms with Gasteiger partial charge in [0, 0.05) is 19.0 Å². The van der Waals surface area contributed by atoms with Crippen LogP contribution in [0.25, 0.3) is 0 Å². The maximum atomic E-state index is 12.1. The first-order valence-corrected chi connectivity index (χ1v) is 6.62. The van der Waals surface area contributed by atoms with E-state index in [1.54, 1.807) is 0 Å². The van der Waals surface area contributed by atoms with E-state index in [2.05, 4.69) is 10.6 Å². The Morgan fingerprint density at radius 3 is 2.57 bits per heavy atom. The fraction of sp³-hybridized carbons (Fsp3) is 0.917. The van der Waals surface area contributed by atoms with Crippen molar-refractivity contribution in [1.82, 2.24) is 15.5 Å². The zero-order chi connectivity index (χ0) is 14.3. The molecule has 128 valence electrons. The summed E-state index contributed by atoms with van der Waals surface area (Å²) in [7, 11) is 1.43. The maximum Gasteiger partial charge on any atom is 0.401 e. The number of nitrogens with zero attached hydrogens (tertiary/aromatic N) is 1. The van der Waals surface area contributed by atoms with E-state index in [0.29, 0.717) is 25.9 Å². The van der Waals surface area contributed by atoms with Gasteiger partial charge in [-0.2, -0.15) is 13.2 Å². The van der Waals surface area contributed by atoms with Crippen LogP contribution in [-0.4, -0.2) is 56.3 Å². The number of amides is 1. The minimum Gasteiger partial charge on any atom is -0.356 e. The fourth-order valence-corrected chi connectivity index (χ4v) is 2.19. The van der Waals surface area contributed by atoms with Crippen LogP contribution in [-0.2, 0) is 4.79 Å². The first-order valence-electron chi connectivity index (χ1n) is 6.62. The third-order valence-electron chi connectivity index (χ3n) is 3.08. The second-order valence-corrected chi connectivity index (χ2v) is 5.05. The molecule has 0 spiro atoms. The van der Waals surface area contributed by atoms with Crippen LogP contribution in [0.2, 0.25) is 0 Å². The van der Waals surface area contributed by atoms with E-state index in [1.807, 2.05) is 0 Å². The van der Waals surface area contributed by atoms with Crippen molar-refractivity contribution in [2.45, 2.75) is 37.9 Å². The van der Waals surface area contributed by atoms with Crippen molar-refractivity contribution in [1.29, 1.82) is 0 Å². The molecule has 1 aliphatic rings. The number of alkyl halides is 3. The van der Waals surface area contributed by atoms with E-state index in [0.717, 1.165) is 19.4 Å². The first-order chi connectivity index (χ1) is 8.87. The Morgan fingerprint density at radius 2 is 2.05 bits per heavy atom. The summed E-state index contributed by atoms with van der Waals surface area (Å²) in [5, 5.41) is 5.97. The van der Waals surface area contributed by atoms with Crippen LogP contribution in [0, 0.1) is 0 Å². The van der Waals surface area contributed by atoms with E-state index in [-0.39, 0.29) is 36.8 Å². The Kier molecular flexibility index (Phi) is 12.4. The lowest BCUT2D eigenvalue weighted by Gasteiger charge is -2.18. The summed E-state index contributed by atoms with van der Waals surface area (Å²) in [6.45, 7) is 0.794. The Labute approximate surface area is 136 Å². The van der Waals surface area contributed by atoms with Gasteiger partial charge in [-0.15, -0.1) is 24.8 Å². The first kappa shape index (κ1) is 23.0. The van der Waals surface area contributed by atoms with Crippen molar-refractivity contribution < 1.29 is 18.0 Å². The second-order valence-electron chi connectivity index (χ2n) is 5.05. The van der Waals surface area contributed by atoms with Gasteiger partial charge in [0.15, 0.2) is 0 Å². The molecule has 1 amide bonds. The highest BCUT2D eigenvalue weighted by Crippen LogP contribution is 2.15. The highest BCUT2D eigenvalue weighted by molar-refractivity contribution is 5.85. The second kappa shape index (κ2) is 11.3. The molecule has 1 aliphatic heterocycles. The van der Waals surface area contributed by atoms with Gasteiger partial charge in [0.25, 0.3) is 0 Å². The number of nitrogens with one attached hydrogen (secondary N) is 2. The van der Waals surface area contributed by atoms with E-state index >= 15 is 0 Å². The molecule has 0 aromatic heterocycles. The Morgan fingerprint density at radius 1 is 1.38 bits per heavy atom. The zero-order valence-electron chi connectivity index (χ0n) is 12.0. The summed E-state index contributed by atoms with van der Waals surface area (Å²) in [6.07, 6.45) is -1.07. The molecular weight excluding hydrogens is 330 g/mol. The molecular formula is C12H24Cl2F3N3O. The largest absolute Gasteiger partial charge is 0.401 e. The van der Waals surface area contributed by atoms with Crippen LogP contribution in [0.1, 0.15) is 25.7 Å². The molecule has 1 heterocycles. The summed E-state index contributed by atoms with van der Waals surface area (Å²) in [5.74, 6) is -0.0297. The van der Waals surface area contributed by atoms with E-state index < -0.39 is 12.7 Å². The normalized spacial score (nSPS) is 18.0. The van der Waals surface area contributed by atoms with Crippen molar-refractivity contribution in [3.05, 3.63) is 0 Å². The van der Waals surface area contributed by atoms with Crippen LogP contribution in [0.4, 0.5) is 13.2 Å². The highest BCUT2D eigenvalue weighted by atomic mass is 35.5. The minimum absolute atomic E-state index is 0. The molecule has 0 aromatic carbocycles. The Hall–Kier alpha value is -0.240.